The van der Waals surface area contributed by atoms with Gasteiger partial charge in [-0.25, -0.2) is 0 Å². The monoisotopic (exact) mass is 1200 g/mol. The van der Waals surface area contributed by atoms with Gasteiger partial charge in [0.05, 0.1) is 64.4 Å². The molecule has 0 aromatic heterocycles. The van der Waals surface area contributed by atoms with Crippen molar-refractivity contribution in [1.82, 2.24) is 0 Å². The molecule has 13 rings (SSSR count). The van der Waals surface area contributed by atoms with Crippen molar-refractivity contribution in [3.05, 3.63) is 158 Å². The molecule has 3 N–H and O–H groups in total. The van der Waals surface area contributed by atoms with Gasteiger partial charge < -0.3 is 30.6 Å². The second-order valence-electron chi connectivity index (χ2n) is 26.2. The van der Waals surface area contributed by atoms with Gasteiger partial charge in [-0.1, -0.05) is 147 Å². The molecular formula is C76H95O6P3. The van der Waals surface area contributed by atoms with E-state index in [-0.39, 0.29) is 28.7 Å². The Morgan fingerprint density at radius 1 is 0.294 bits per heavy atom. The van der Waals surface area contributed by atoms with Gasteiger partial charge in [0.15, 0.2) is 0 Å². The third kappa shape index (κ3) is 12.7. The quantitative estimate of drug-likeness (QED) is 0.105. The SMILES string of the molecule is [O-]c1c([P+](c2ccccc2)(c2ccccc2)C2CCCCC2)cc(O)c2ccccc12.[O-]c1ccc(O)cc1[P+](C1CCCCC1)(C1CCCCC1)C1CCCCC1.[O-]c1ccc(O)cc1[P+](c1ccccc1)(C1CCCCC1)C1CCCCC1. The lowest BCUT2D eigenvalue weighted by molar-refractivity contribution is -0.267. The fourth-order valence-electron chi connectivity index (χ4n) is 17.9. The van der Waals surface area contributed by atoms with E-state index in [1.54, 1.807) is 30.3 Å². The number of hydrogen-bond acceptors (Lipinski definition) is 6. The predicted octanol–water partition coefficient (Wildman–Crippen LogP) is 16.5. The molecule has 0 amide bonds. The first-order chi connectivity index (χ1) is 41.7. The summed E-state index contributed by atoms with van der Waals surface area (Å²) in [5, 5.41) is 80.2. The van der Waals surface area contributed by atoms with Crippen LogP contribution < -0.4 is 47.1 Å². The van der Waals surface area contributed by atoms with E-state index in [9.17, 15) is 30.6 Å². The van der Waals surface area contributed by atoms with Crippen LogP contribution in [-0.2, 0) is 0 Å². The smallest absolute Gasteiger partial charge is 0.127 e. The summed E-state index contributed by atoms with van der Waals surface area (Å²) in [5.41, 5.74) is 3.81. The van der Waals surface area contributed by atoms with Crippen LogP contribution in [0.25, 0.3) is 10.8 Å². The minimum atomic E-state index is -2.27. The van der Waals surface area contributed by atoms with Gasteiger partial charge in [0.25, 0.3) is 0 Å². The van der Waals surface area contributed by atoms with Gasteiger partial charge >= 0.3 is 0 Å². The summed E-state index contributed by atoms with van der Waals surface area (Å²) in [6, 6.07) is 51.6. The van der Waals surface area contributed by atoms with Crippen molar-refractivity contribution in [1.29, 1.82) is 0 Å². The van der Waals surface area contributed by atoms with Gasteiger partial charge in [-0.2, -0.15) is 0 Å². The standard InChI is InChI=1S/C28H27O2P.C24H37O2P.C24H31O2P/c29-26-20-27(28(30)25-19-11-10-18-24(25)26)31(21-12-4-1-5-13-21,22-14-6-2-7-15-22)23-16-8-3-9-17-23;2*25-19-16-17-23(26)24(18-19)27(20-10-4-1-5-11-20,21-12-6-2-7-13-21)22-14-8-3-9-15-22/h1-2,4-7,10-15,18-20,23H,3,8-9,16-17H2,(H-,29,30);16-18,20-22H,1-15H2,(H-,25,26);1,4-5,10-11,16-18,21-22H,2-3,6-9,12-15H2,(H-,25,26). The molecule has 7 aromatic carbocycles. The van der Waals surface area contributed by atoms with Crippen LogP contribution in [0, 0.1) is 0 Å². The summed E-state index contributed by atoms with van der Waals surface area (Å²) in [7, 11) is -5.77. The molecule has 85 heavy (non-hydrogen) atoms. The maximum absolute atomic E-state index is 14.0. The minimum absolute atomic E-state index is 0.0695. The molecule has 0 aliphatic heterocycles. The fraction of sp³-hybridized carbons (Fsp3) is 0.474. The predicted molar refractivity (Wildman–Crippen MR) is 359 cm³/mol. The molecule has 7 aromatic rings. The molecule has 450 valence electrons. The normalized spacial score (nSPS) is 19.5. The summed E-state index contributed by atoms with van der Waals surface area (Å²) in [6.07, 6.45) is 38.7. The highest BCUT2D eigenvalue weighted by molar-refractivity contribution is 7.96. The maximum Gasteiger partial charge on any atom is 0.127 e. The molecule has 6 fully saturated rings. The van der Waals surface area contributed by atoms with Gasteiger partial charge in [-0.15, -0.1) is 0 Å². The number of rotatable bonds is 12. The first-order valence-corrected chi connectivity index (χ1v) is 39.2. The first-order valence-electron chi connectivity index (χ1n) is 33.4. The van der Waals surface area contributed by atoms with E-state index in [4.69, 9.17) is 0 Å². The van der Waals surface area contributed by atoms with Crippen LogP contribution in [0.2, 0.25) is 0 Å². The molecule has 6 aliphatic rings. The molecular weight excluding hydrogens is 1100 g/mol. The van der Waals surface area contributed by atoms with Crippen LogP contribution in [0.3, 0.4) is 0 Å². The van der Waals surface area contributed by atoms with Crippen LogP contribution in [0.5, 0.6) is 34.5 Å². The van der Waals surface area contributed by atoms with Gasteiger partial charge in [-0.3, -0.25) is 0 Å². The number of phenols is 3. The van der Waals surface area contributed by atoms with E-state index in [0.29, 0.717) is 33.5 Å². The molecule has 6 saturated carbocycles. The zero-order valence-electron chi connectivity index (χ0n) is 50.6. The molecule has 0 heterocycles. The number of phenolic OH excluding ortho intramolecular Hbond substituents is 3. The van der Waals surface area contributed by atoms with Crippen molar-refractivity contribution in [2.75, 3.05) is 0 Å². The number of hydrogen-bond donors (Lipinski definition) is 3. The lowest BCUT2D eigenvalue weighted by Gasteiger charge is -2.49. The molecule has 6 aliphatic carbocycles. The average Bonchev–Trinajstić information content (AvgIpc) is 1.11. The Morgan fingerprint density at radius 2 is 0.624 bits per heavy atom. The summed E-state index contributed by atoms with van der Waals surface area (Å²) in [4.78, 5) is 0. The average molecular weight is 1200 g/mol. The Morgan fingerprint density at radius 3 is 1.04 bits per heavy atom. The highest BCUT2D eigenvalue weighted by atomic mass is 31.2. The van der Waals surface area contributed by atoms with Crippen molar-refractivity contribution in [2.45, 2.75) is 227 Å². The summed E-state index contributed by atoms with van der Waals surface area (Å²) >= 11 is 0. The molecule has 0 unspecified atom stereocenters. The van der Waals surface area contributed by atoms with Gasteiger partial charge in [-0.05, 0) is 208 Å². The van der Waals surface area contributed by atoms with Crippen LogP contribution >= 0.6 is 21.8 Å². The van der Waals surface area contributed by atoms with Gasteiger partial charge in [0, 0.05) is 23.6 Å². The lowest BCUT2D eigenvalue weighted by Crippen LogP contribution is -2.42. The molecule has 6 nitrogen and oxygen atoms in total. The van der Waals surface area contributed by atoms with E-state index in [0.717, 1.165) is 45.7 Å². The van der Waals surface area contributed by atoms with E-state index in [2.05, 4.69) is 78.9 Å². The maximum atomic E-state index is 14.0. The Kier molecular flexibility index (Phi) is 20.9. The Bertz CT molecular complexity index is 3100. The molecule has 0 saturated heterocycles. The Hall–Kier alpha value is -5.11. The minimum Gasteiger partial charge on any atom is -0.870 e. The number of benzene rings is 7. The highest BCUT2D eigenvalue weighted by Gasteiger charge is 2.60. The van der Waals surface area contributed by atoms with E-state index in [1.807, 2.05) is 48.5 Å². The highest BCUT2D eigenvalue weighted by Crippen LogP contribution is 2.77. The third-order valence-corrected chi connectivity index (χ3v) is 38.4. The van der Waals surface area contributed by atoms with E-state index in [1.165, 1.54) is 196 Å². The first kappa shape index (κ1) is 61.5. The second-order valence-corrected chi connectivity index (χ2v) is 38.2. The van der Waals surface area contributed by atoms with Crippen LogP contribution in [0.4, 0.5) is 0 Å². The van der Waals surface area contributed by atoms with E-state index >= 15 is 0 Å². The molecule has 0 atom stereocenters. The second kappa shape index (κ2) is 28.8. The van der Waals surface area contributed by atoms with Crippen molar-refractivity contribution in [2.24, 2.45) is 0 Å². The third-order valence-electron chi connectivity index (χ3n) is 21.5. The zero-order chi connectivity index (χ0) is 58.6. The molecule has 0 bridgehead atoms. The van der Waals surface area contributed by atoms with Crippen molar-refractivity contribution >= 4 is 64.4 Å². The van der Waals surface area contributed by atoms with Crippen molar-refractivity contribution in [3.63, 3.8) is 0 Å². The number of aromatic hydroxyl groups is 3. The molecule has 0 spiro atoms. The largest absolute Gasteiger partial charge is 0.870 e. The molecule has 9 heteroatoms. The lowest BCUT2D eigenvalue weighted by atomic mass is 9.99. The van der Waals surface area contributed by atoms with Crippen LogP contribution in [0.1, 0.15) is 193 Å². The fourth-order valence-corrected chi connectivity index (χ4v) is 37.0. The van der Waals surface area contributed by atoms with Gasteiger partial charge in [0.1, 0.15) is 40.4 Å². The number of fused-ring (bicyclic) bond motifs is 1. The zero-order valence-corrected chi connectivity index (χ0v) is 53.3. The van der Waals surface area contributed by atoms with Crippen molar-refractivity contribution < 1.29 is 30.6 Å². The summed E-state index contributed by atoms with van der Waals surface area (Å²) in [6.45, 7) is 0. The van der Waals surface area contributed by atoms with Crippen LogP contribution in [-0.4, -0.2) is 49.3 Å². The van der Waals surface area contributed by atoms with Crippen molar-refractivity contribution in [3.8, 4) is 34.5 Å². The summed E-state index contributed by atoms with van der Waals surface area (Å²) in [5.74, 6) is 1.22. The Balaban J connectivity index is 0.000000133. The van der Waals surface area contributed by atoms with Gasteiger partial charge in [0.2, 0.25) is 0 Å². The molecule has 0 radical (unpaired) electrons. The van der Waals surface area contributed by atoms with E-state index < -0.39 is 21.8 Å². The van der Waals surface area contributed by atoms with Crippen LogP contribution in [0.15, 0.2) is 158 Å². The summed E-state index contributed by atoms with van der Waals surface area (Å²) < 4.78 is 0. The topological polar surface area (TPSA) is 130 Å². The Labute approximate surface area is 511 Å².